The Kier molecular flexibility index (Phi) is 9.73. The number of nitrogens with zero attached hydrogens (tertiary/aromatic N) is 2. The molecule has 32 heavy (non-hydrogen) atoms. The average molecular weight is 512 g/mol. The van der Waals surface area contributed by atoms with E-state index in [0.717, 1.165) is 27.5 Å². The first-order chi connectivity index (χ1) is 15.5. The summed E-state index contributed by atoms with van der Waals surface area (Å²) in [5, 5.41) is 8.80. The molecule has 0 atom stereocenters. The number of carbonyl (C=O) groups excluding carboxylic acids is 1. The van der Waals surface area contributed by atoms with E-state index in [4.69, 9.17) is 0 Å². The summed E-state index contributed by atoms with van der Waals surface area (Å²) in [5.41, 5.74) is 0. The fourth-order valence-corrected chi connectivity index (χ4v) is 6.74. The first-order valence-corrected chi connectivity index (χ1v) is 14.8. The Morgan fingerprint density at radius 2 is 1.47 bits per heavy atom. The van der Waals surface area contributed by atoms with Crippen LogP contribution in [0.5, 0.6) is 0 Å². The second-order valence-corrected chi connectivity index (χ2v) is 12.5. The molecule has 2 amide bonds. The summed E-state index contributed by atoms with van der Waals surface area (Å²) in [6.07, 6.45) is 1.77. The first-order valence-electron chi connectivity index (χ1n) is 10.6. The molecule has 0 spiro atoms. The molecule has 0 saturated heterocycles. The highest BCUT2D eigenvalue weighted by Crippen LogP contribution is 2.20. The number of sulfonamides is 1. The van der Waals surface area contributed by atoms with Crippen molar-refractivity contribution in [3.8, 4) is 0 Å². The Balaban J connectivity index is 1.65. The molecule has 3 aromatic heterocycles. The molecule has 6 nitrogen and oxygen atoms in total. The number of unbranched alkanes of at least 4 members (excludes halogenated alkanes) is 1. The van der Waals surface area contributed by atoms with Gasteiger partial charge in [-0.2, -0.15) is 4.31 Å². The minimum absolute atomic E-state index is 0.0973. The molecule has 3 heterocycles. The predicted molar refractivity (Wildman–Crippen MR) is 135 cm³/mol. The molecule has 3 aromatic rings. The van der Waals surface area contributed by atoms with Gasteiger partial charge >= 0.3 is 6.03 Å². The Hall–Kier alpha value is -1.72. The van der Waals surface area contributed by atoms with Crippen LogP contribution in [0, 0.1) is 0 Å². The smallest absolute Gasteiger partial charge is 0.317 e. The lowest BCUT2D eigenvalue weighted by Gasteiger charge is -2.26. The highest BCUT2D eigenvalue weighted by Gasteiger charge is 2.25. The molecule has 0 aromatic carbocycles. The highest BCUT2D eigenvalue weighted by atomic mass is 32.2. The van der Waals surface area contributed by atoms with E-state index in [1.165, 1.54) is 4.31 Å². The van der Waals surface area contributed by atoms with Crippen LogP contribution in [0.3, 0.4) is 0 Å². The van der Waals surface area contributed by atoms with Crippen molar-refractivity contribution in [3.63, 3.8) is 0 Å². The van der Waals surface area contributed by atoms with Crippen LogP contribution in [0.4, 0.5) is 4.79 Å². The molecule has 1 N–H and O–H groups in total. The molecular formula is C22H29N3O3S4. The molecule has 0 saturated carbocycles. The molecule has 0 unspecified atom stereocenters. The lowest BCUT2D eigenvalue weighted by atomic mass is 10.3. The summed E-state index contributed by atoms with van der Waals surface area (Å²) in [6.45, 7) is 3.91. The molecule has 3 rings (SSSR count). The summed E-state index contributed by atoms with van der Waals surface area (Å²) in [5.74, 6) is -0.0973. The van der Waals surface area contributed by atoms with Gasteiger partial charge in [-0.15, -0.1) is 34.0 Å². The number of hydrogen-bond donors (Lipinski definition) is 1. The van der Waals surface area contributed by atoms with E-state index in [9.17, 15) is 13.2 Å². The highest BCUT2D eigenvalue weighted by molar-refractivity contribution is 7.89. The molecule has 0 fully saturated rings. The van der Waals surface area contributed by atoms with Crippen LogP contribution in [0.25, 0.3) is 0 Å². The predicted octanol–water partition coefficient (Wildman–Crippen LogP) is 5.22. The molecule has 0 aliphatic carbocycles. The number of rotatable bonds is 13. The van der Waals surface area contributed by atoms with E-state index >= 15 is 0 Å². The third kappa shape index (κ3) is 7.70. The molecule has 0 aliphatic rings. The number of hydrogen-bond acceptors (Lipinski definition) is 6. The van der Waals surface area contributed by atoms with Gasteiger partial charge in [0.2, 0.25) is 10.0 Å². The normalized spacial score (nSPS) is 11.7. The molecule has 174 valence electrons. The van der Waals surface area contributed by atoms with Gasteiger partial charge in [-0.25, -0.2) is 13.2 Å². The monoisotopic (exact) mass is 511 g/mol. The van der Waals surface area contributed by atoms with Gasteiger partial charge in [-0.05, 0) is 40.8 Å². The fraction of sp³-hybridized carbons (Fsp3) is 0.409. The second kappa shape index (κ2) is 12.5. The minimum atomic E-state index is -3.56. The lowest BCUT2D eigenvalue weighted by Crippen LogP contribution is -2.44. The molecule has 0 aliphatic heterocycles. The van der Waals surface area contributed by atoms with E-state index in [1.54, 1.807) is 38.9 Å². The molecule has 10 heteroatoms. The third-order valence-corrected chi connectivity index (χ3v) is 9.24. The maximum absolute atomic E-state index is 13.3. The summed E-state index contributed by atoms with van der Waals surface area (Å²) in [7, 11) is -3.56. The van der Waals surface area contributed by atoms with Crippen LogP contribution in [0.15, 0.2) is 52.5 Å². The number of amides is 2. The molecule has 0 radical (unpaired) electrons. The molecule has 0 bridgehead atoms. The summed E-state index contributed by atoms with van der Waals surface area (Å²) in [6, 6.07) is 11.5. The van der Waals surface area contributed by atoms with Gasteiger partial charge in [0.15, 0.2) is 0 Å². The quantitative estimate of drug-likeness (QED) is 0.342. The zero-order valence-corrected chi connectivity index (χ0v) is 21.4. The van der Waals surface area contributed by atoms with Gasteiger partial charge in [0.1, 0.15) is 0 Å². The summed E-state index contributed by atoms with van der Waals surface area (Å²) < 4.78 is 28.1. The van der Waals surface area contributed by atoms with Crippen LogP contribution in [-0.4, -0.2) is 42.5 Å². The van der Waals surface area contributed by atoms with E-state index < -0.39 is 10.0 Å². The Morgan fingerprint density at radius 1 is 0.906 bits per heavy atom. The lowest BCUT2D eigenvalue weighted by molar-refractivity contribution is 0.199. The van der Waals surface area contributed by atoms with Crippen molar-refractivity contribution >= 4 is 50.1 Å². The second-order valence-electron chi connectivity index (χ2n) is 7.32. The van der Waals surface area contributed by atoms with Gasteiger partial charge in [0.05, 0.1) is 12.3 Å². The Morgan fingerprint density at radius 3 is 1.97 bits per heavy atom. The average Bonchev–Trinajstić information content (AvgIpc) is 3.55. The largest absolute Gasteiger partial charge is 0.333 e. The van der Waals surface area contributed by atoms with Crippen molar-refractivity contribution in [1.82, 2.24) is 14.5 Å². The van der Waals surface area contributed by atoms with Crippen LogP contribution in [0.2, 0.25) is 0 Å². The van der Waals surface area contributed by atoms with Crippen molar-refractivity contribution < 1.29 is 13.2 Å². The standard InChI is InChI=1S/C22H29N3O3S4/c1-2-3-10-24(22(26)23-16-19-7-4-12-29-19)11-15-32(27,28)25(17-20-8-5-13-30-20)18-21-9-6-14-31-21/h4-9,12-14H,2-3,10-11,15-18H2,1H3,(H,23,26). The molecular weight excluding hydrogens is 483 g/mol. The van der Waals surface area contributed by atoms with E-state index in [-0.39, 0.29) is 18.3 Å². The summed E-state index contributed by atoms with van der Waals surface area (Å²) in [4.78, 5) is 17.5. The van der Waals surface area contributed by atoms with Crippen molar-refractivity contribution in [1.29, 1.82) is 0 Å². The maximum Gasteiger partial charge on any atom is 0.317 e. The topological polar surface area (TPSA) is 69.7 Å². The van der Waals surface area contributed by atoms with E-state index in [0.29, 0.717) is 26.2 Å². The number of urea groups is 1. The van der Waals surface area contributed by atoms with Gasteiger partial charge in [0.25, 0.3) is 0 Å². The van der Waals surface area contributed by atoms with Crippen molar-refractivity contribution in [3.05, 3.63) is 67.2 Å². The zero-order valence-electron chi connectivity index (χ0n) is 18.1. The van der Waals surface area contributed by atoms with E-state index in [2.05, 4.69) is 12.2 Å². The third-order valence-electron chi connectivity index (χ3n) is 4.90. The van der Waals surface area contributed by atoms with Crippen LogP contribution >= 0.6 is 34.0 Å². The number of thiophene rings is 3. The fourth-order valence-electron chi connectivity index (χ4n) is 3.11. The van der Waals surface area contributed by atoms with Crippen molar-refractivity contribution in [2.45, 2.75) is 39.4 Å². The summed E-state index contributed by atoms with van der Waals surface area (Å²) >= 11 is 4.68. The van der Waals surface area contributed by atoms with Crippen LogP contribution in [0.1, 0.15) is 34.4 Å². The van der Waals surface area contributed by atoms with Gasteiger partial charge in [-0.3, -0.25) is 0 Å². The van der Waals surface area contributed by atoms with Crippen LogP contribution < -0.4 is 5.32 Å². The zero-order chi connectivity index (χ0) is 22.8. The maximum atomic E-state index is 13.3. The van der Waals surface area contributed by atoms with Gasteiger partial charge in [-0.1, -0.05) is 31.5 Å². The first kappa shape index (κ1) is 24.9. The van der Waals surface area contributed by atoms with Gasteiger partial charge < -0.3 is 10.2 Å². The minimum Gasteiger partial charge on any atom is -0.333 e. The Labute approximate surface area is 202 Å². The van der Waals surface area contributed by atoms with Crippen molar-refractivity contribution in [2.75, 3.05) is 18.8 Å². The van der Waals surface area contributed by atoms with E-state index in [1.807, 2.05) is 52.5 Å². The van der Waals surface area contributed by atoms with Crippen LogP contribution in [-0.2, 0) is 29.7 Å². The number of nitrogens with one attached hydrogen (secondary N) is 1. The number of carbonyl (C=O) groups is 1. The Bertz CT molecular complexity index is 981. The van der Waals surface area contributed by atoms with Crippen molar-refractivity contribution in [2.24, 2.45) is 0 Å². The van der Waals surface area contributed by atoms with Gasteiger partial charge in [0, 0.05) is 40.8 Å². The SMILES string of the molecule is CCCCN(CCS(=O)(=O)N(Cc1cccs1)Cc1cccs1)C(=O)NCc1cccs1.